The third-order valence-electron chi connectivity index (χ3n) is 5.09. The van der Waals surface area contributed by atoms with Crippen LogP contribution >= 0.6 is 0 Å². The van der Waals surface area contributed by atoms with Crippen molar-refractivity contribution in [1.29, 1.82) is 0 Å². The van der Waals surface area contributed by atoms with Gasteiger partial charge in [-0.3, -0.25) is 0 Å². The molecule has 2 rings (SSSR count). The molecule has 2 atom stereocenters. The zero-order valence-electron chi connectivity index (χ0n) is 13.8. The van der Waals surface area contributed by atoms with Gasteiger partial charge in [-0.1, -0.05) is 13.8 Å². The van der Waals surface area contributed by atoms with Crippen molar-refractivity contribution in [1.82, 2.24) is 10.2 Å². The lowest BCUT2D eigenvalue weighted by atomic mass is 9.82. The minimum atomic E-state index is -0.0852. The van der Waals surface area contributed by atoms with E-state index in [4.69, 9.17) is 4.74 Å². The number of hydrogen-bond acceptors (Lipinski definition) is 3. The fourth-order valence-electron chi connectivity index (χ4n) is 4.24. The number of rotatable bonds is 3. The zero-order valence-corrected chi connectivity index (χ0v) is 13.8. The van der Waals surface area contributed by atoms with E-state index in [0.29, 0.717) is 17.4 Å². The molecule has 19 heavy (non-hydrogen) atoms. The van der Waals surface area contributed by atoms with Gasteiger partial charge >= 0.3 is 0 Å². The van der Waals surface area contributed by atoms with Crippen LogP contribution in [-0.4, -0.2) is 48.8 Å². The average molecular weight is 268 g/mol. The van der Waals surface area contributed by atoms with Crippen molar-refractivity contribution in [3.63, 3.8) is 0 Å². The molecular weight excluding hydrogens is 236 g/mol. The Kier molecular flexibility index (Phi) is 3.79. The van der Waals surface area contributed by atoms with Crippen LogP contribution in [0.1, 0.15) is 48.0 Å². The molecule has 0 aromatic rings. The van der Waals surface area contributed by atoms with Gasteiger partial charge in [-0.15, -0.1) is 0 Å². The number of ether oxygens (including phenoxy) is 1. The molecule has 2 aliphatic rings. The Hall–Kier alpha value is -0.120. The third kappa shape index (κ3) is 2.98. The van der Waals surface area contributed by atoms with Gasteiger partial charge in [0.1, 0.15) is 0 Å². The highest BCUT2D eigenvalue weighted by molar-refractivity contribution is 5.06. The summed E-state index contributed by atoms with van der Waals surface area (Å²) in [4.78, 5) is 2.63. The average Bonchev–Trinajstić information content (AvgIpc) is 2.62. The molecule has 112 valence electrons. The molecular formula is C16H32N2O. The van der Waals surface area contributed by atoms with E-state index >= 15 is 0 Å². The monoisotopic (exact) mass is 268 g/mol. The molecule has 0 spiro atoms. The van der Waals surface area contributed by atoms with Crippen molar-refractivity contribution in [3.05, 3.63) is 0 Å². The first-order chi connectivity index (χ1) is 8.57. The number of likely N-dealkylation sites (tertiary alicyclic amines) is 1. The summed E-state index contributed by atoms with van der Waals surface area (Å²) in [5.41, 5.74) is 0.344. The molecule has 0 saturated carbocycles. The summed E-state index contributed by atoms with van der Waals surface area (Å²) in [6.45, 7) is 17.3. The van der Waals surface area contributed by atoms with Crippen molar-refractivity contribution in [2.45, 2.75) is 65.2 Å². The Morgan fingerprint density at radius 2 is 1.74 bits per heavy atom. The Morgan fingerprint density at radius 1 is 1.11 bits per heavy atom. The van der Waals surface area contributed by atoms with Crippen molar-refractivity contribution < 1.29 is 4.74 Å². The summed E-state index contributed by atoms with van der Waals surface area (Å²) in [7, 11) is 2.07. The predicted molar refractivity (Wildman–Crippen MR) is 80.4 cm³/mol. The summed E-state index contributed by atoms with van der Waals surface area (Å²) in [5, 5.41) is 3.50. The molecule has 0 aromatic carbocycles. The Morgan fingerprint density at radius 3 is 2.21 bits per heavy atom. The normalized spacial score (nSPS) is 36.8. The van der Waals surface area contributed by atoms with Crippen LogP contribution in [0.3, 0.4) is 0 Å². The van der Waals surface area contributed by atoms with E-state index in [2.05, 4.69) is 58.8 Å². The maximum absolute atomic E-state index is 6.33. The SMILES string of the molecule is CNC1C(CN2CCC(C)(C)C2)C(C)(C)OC1(C)C. The lowest BCUT2D eigenvalue weighted by molar-refractivity contribution is -0.0792. The van der Waals surface area contributed by atoms with Gasteiger partial charge in [0.25, 0.3) is 0 Å². The first kappa shape index (κ1) is 15.3. The van der Waals surface area contributed by atoms with Gasteiger partial charge in [0.15, 0.2) is 0 Å². The van der Waals surface area contributed by atoms with Crippen molar-refractivity contribution >= 4 is 0 Å². The highest BCUT2D eigenvalue weighted by Gasteiger charge is 2.53. The van der Waals surface area contributed by atoms with Crippen LogP contribution in [0.5, 0.6) is 0 Å². The molecule has 2 unspecified atom stereocenters. The molecule has 0 bridgehead atoms. The Labute approximate surface area is 119 Å². The highest BCUT2D eigenvalue weighted by Crippen LogP contribution is 2.43. The summed E-state index contributed by atoms with van der Waals surface area (Å²) >= 11 is 0. The fraction of sp³-hybridized carbons (Fsp3) is 1.00. The molecule has 2 fully saturated rings. The molecule has 0 aromatic heterocycles. The van der Waals surface area contributed by atoms with Crippen LogP contribution in [0.15, 0.2) is 0 Å². The fourth-order valence-corrected chi connectivity index (χ4v) is 4.24. The highest BCUT2D eigenvalue weighted by atomic mass is 16.5. The topological polar surface area (TPSA) is 24.5 Å². The molecule has 0 radical (unpaired) electrons. The Balaban J connectivity index is 2.09. The second kappa shape index (κ2) is 4.71. The standard InChI is InChI=1S/C16H32N2O/c1-14(2)8-9-18(11-14)10-12-13(17-7)16(5,6)19-15(12,3)4/h12-13,17H,8-11H2,1-7H3. The number of nitrogens with one attached hydrogen (secondary N) is 1. The summed E-state index contributed by atoms with van der Waals surface area (Å²) < 4.78 is 6.33. The maximum Gasteiger partial charge on any atom is 0.0790 e. The van der Waals surface area contributed by atoms with Gasteiger partial charge in [0, 0.05) is 25.0 Å². The van der Waals surface area contributed by atoms with E-state index in [1.807, 2.05) is 0 Å². The van der Waals surface area contributed by atoms with Crippen molar-refractivity contribution in [2.75, 3.05) is 26.7 Å². The Bertz CT molecular complexity index is 336. The predicted octanol–water partition coefficient (Wildman–Crippen LogP) is 2.51. The zero-order chi connectivity index (χ0) is 14.5. The van der Waals surface area contributed by atoms with E-state index in [1.165, 1.54) is 19.5 Å². The smallest absolute Gasteiger partial charge is 0.0790 e. The lowest BCUT2D eigenvalue weighted by Crippen LogP contribution is -2.49. The number of likely N-dealkylation sites (N-methyl/N-ethyl adjacent to an activating group) is 1. The molecule has 1 N–H and O–H groups in total. The number of nitrogens with zero attached hydrogens (tertiary/aromatic N) is 1. The van der Waals surface area contributed by atoms with Crippen LogP contribution in [-0.2, 0) is 4.74 Å². The van der Waals surface area contributed by atoms with Crippen molar-refractivity contribution in [2.24, 2.45) is 11.3 Å². The molecule has 2 aliphatic heterocycles. The second-order valence-electron chi connectivity index (χ2n) is 8.33. The second-order valence-corrected chi connectivity index (χ2v) is 8.33. The summed E-state index contributed by atoms with van der Waals surface area (Å²) in [5.74, 6) is 0.543. The van der Waals surface area contributed by atoms with E-state index in [-0.39, 0.29) is 11.2 Å². The van der Waals surface area contributed by atoms with Gasteiger partial charge in [0.2, 0.25) is 0 Å². The van der Waals surface area contributed by atoms with E-state index < -0.39 is 0 Å². The van der Waals surface area contributed by atoms with Crippen LogP contribution in [0.2, 0.25) is 0 Å². The molecule has 3 heteroatoms. The summed E-state index contributed by atoms with van der Waals surface area (Å²) in [6, 6.07) is 0.422. The van der Waals surface area contributed by atoms with Crippen LogP contribution in [0.4, 0.5) is 0 Å². The van der Waals surface area contributed by atoms with E-state index in [9.17, 15) is 0 Å². The van der Waals surface area contributed by atoms with Crippen LogP contribution < -0.4 is 5.32 Å². The summed E-state index contributed by atoms with van der Waals surface area (Å²) in [6.07, 6.45) is 1.31. The van der Waals surface area contributed by atoms with Gasteiger partial charge in [0.05, 0.1) is 11.2 Å². The number of hydrogen-bond donors (Lipinski definition) is 1. The van der Waals surface area contributed by atoms with Crippen LogP contribution in [0, 0.1) is 11.3 Å². The minimum Gasteiger partial charge on any atom is -0.368 e. The van der Waals surface area contributed by atoms with Gasteiger partial charge in [-0.05, 0) is 53.1 Å². The first-order valence-corrected chi connectivity index (χ1v) is 7.67. The van der Waals surface area contributed by atoms with E-state index in [1.54, 1.807) is 0 Å². The van der Waals surface area contributed by atoms with Crippen LogP contribution in [0.25, 0.3) is 0 Å². The van der Waals surface area contributed by atoms with Gasteiger partial charge in [-0.25, -0.2) is 0 Å². The quantitative estimate of drug-likeness (QED) is 0.851. The van der Waals surface area contributed by atoms with E-state index in [0.717, 1.165) is 6.54 Å². The van der Waals surface area contributed by atoms with Gasteiger partial charge < -0.3 is 15.0 Å². The van der Waals surface area contributed by atoms with Crippen molar-refractivity contribution in [3.8, 4) is 0 Å². The minimum absolute atomic E-state index is 0.0517. The molecule has 2 saturated heterocycles. The molecule has 0 amide bonds. The molecule has 0 aliphatic carbocycles. The largest absolute Gasteiger partial charge is 0.368 e. The lowest BCUT2D eigenvalue weighted by Gasteiger charge is -2.33. The maximum atomic E-state index is 6.33. The van der Waals surface area contributed by atoms with Gasteiger partial charge in [-0.2, -0.15) is 0 Å². The first-order valence-electron chi connectivity index (χ1n) is 7.67. The molecule has 3 nitrogen and oxygen atoms in total. The molecule has 2 heterocycles. The third-order valence-corrected chi connectivity index (χ3v) is 5.09.